The van der Waals surface area contributed by atoms with Crippen LogP contribution in [0.2, 0.25) is 0 Å². The molecule has 1 N–H and O–H groups in total. The summed E-state index contributed by atoms with van der Waals surface area (Å²) < 4.78 is 13.0. The Balaban J connectivity index is 1.48. The second-order valence-electron chi connectivity index (χ2n) is 6.69. The molecule has 1 aliphatic heterocycles. The van der Waals surface area contributed by atoms with E-state index in [1.54, 1.807) is 12.1 Å². The molecule has 0 radical (unpaired) electrons. The number of halogens is 1. The fraction of sp³-hybridized carbons (Fsp3) is 0.611. The lowest BCUT2D eigenvalue weighted by atomic mass is 10.1. The lowest BCUT2D eigenvalue weighted by Gasteiger charge is -2.35. The molecule has 1 saturated carbocycles. The molecule has 2 aliphatic rings. The molecule has 1 saturated heterocycles. The first-order chi connectivity index (χ1) is 11.1. The van der Waals surface area contributed by atoms with Gasteiger partial charge in [-0.05, 0) is 36.5 Å². The molecule has 0 spiro atoms. The van der Waals surface area contributed by atoms with Gasteiger partial charge in [0.15, 0.2) is 0 Å². The Morgan fingerprint density at radius 1 is 1.26 bits per heavy atom. The third kappa shape index (κ3) is 3.90. The third-order valence-corrected chi connectivity index (χ3v) is 5.03. The molecule has 4 nitrogen and oxygen atoms in total. The second kappa shape index (κ2) is 6.97. The van der Waals surface area contributed by atoms with Gasteiger partial charge in [-0.3, -0.25) is 9.69 Å². The number of carbonyl (C=O) groups excluding carboxylic acids is 1. The van der Waals surface area contributed by atoms with Crippen molar-refractivity contribution in [1.82, 2.24) is 9.80 Å². The summed E-state index contributed by atoms with van der Waals surface area (Å²) in [6, 6.07) is 6.51. The van der Waals surface area contributed by atoms with Crippen molar-refractivity contribution < 1.29 is 14.3 Å². The molecule has 1 aliphatic carbocycles. The zero-order valence-corrected chi connectivity index (χ0v) is 13.6. The van der Waals surface area contributed by atoms with Gasteiger partial charge < -0.3 is 10.0 Å². The van der Waals surface area contributed by atoms with E-state index in [4.69, 9.17) is 0 Å². The topological polar surface area (TPSA) is 43.8 Å². The number of aliphatic hydroxyl groups is 1. The van der Waals surface area contributed by atoms with E-state index in [1.165, 1.54) is 12.1 Å². The van der Waals surface area contributed by atoms with Crippen LogP contribution in [0.3, 0.4) is 0 Å². The maximum Gasteiger partial charge on any atom is 0.226 e. The summed E-state index contributed by atoms with van der Waals surface area (Å²) in [5.41, 5.74) is 1.06. The average Bonchev–Trinajstić information content (AvgIpc) is 3.36. The van der Waals surface area contributed by atoms with Gasteiger partial charge in [0.05, 0.1) is 6.10 Å². The monoisotopic (exact) mass is 320 g/mol. The molecule has 23 heavy (non-hydrogen) atoms. The highest BCUT2D eigenvalue weighted by Crippen LogP contribution is 2.48. The molecule has 2 fully saturated rings. The molecule has 1 amide bonds. The van der Waals surface area contributed by atoms with Crippen LogP contribution < -0.4 is 0 Å². The first-order valence-corrected chi connectivity index (χ1v) is 8.53. The molecule has 5 heteroatoms. The minimum atomic E-state index is -0.274. The second-order valence-corrected chi connectivity index (χ2v) is 6.69. The normalized spacial score (nSPS) is 26.1. The van der Waals surface area contributed by atoms with Crippen molar-refractivity contribution in [2.75, 3.05) is 32.7 Å². The number of hydrogen-bond acceptors (Lipinski definition) is 3. The summed E-state index contributed by atoms with van der Waals surface area (Å²) in [4.78, 5) is 16.8. The number of aliphatic hydroxyl groups excluding tert-OH is 1. The highest BCUT2D eigenvalue weighted by molar-refractivity contribution is 5.83. The number of benzene rings is 1. The lowest BCUT2D eigenvalue weighted by molar-refractivity contribution is -0.134. The van der Waals surface area contributed by atoms with Gasteiger partial charge in [-0.25, -0.2) is 4.39 Å². The van der Waals surface area contributed by atoms with Crippen LogP contribution in [-0.2, 0) is 4.79 Å². The number of amides is 1. The fourth-order valence-electron chi connectivity index (χ4n) is 3.36. The van der Waals surface area contributed by atoms with Crippen LogP contribution in [0.5, 0.6) is 0 Å². The smallest absolute Gasteiger partial charge is 0.226 e. The SMILES string of the molecule is CC[C@H](O)CN1CCN(C(=O)[C@H]2C[C@H]2c2ccc(F)cc2)CC1. The Bertz CT molecular complexity index is 540. The highest BCUT2D eigenvalue weighted by Gasteiger charge is 2.46. The minimum absolute atomic E-state index is 0.0632. The molecule has 3 rings (SSSR count). The molecule has 0 bridgehead atoms. The summed E-state index contributed by atoms with van der Waals surface area (Å²) in [5, 5.41) is 9.71. The first-order valence-electron chi connectivity index (χ1n) is 8.53. The van der Waals surface area contributed by atoms with Crippen molar-refractivity contribution in [3.05, 3.63) is 35.6 Å². The standard InChI is InChI=1S/C18H25FN2O2/c1-2-15(22)12-20-7-9-21(10-8-20)18(23)17-11-16(17)13-3-5-14(19)6-4-13/h3-6,15-17,22H,2,7-12H2,1H3/t15-,16-,17-/m0/s1. The van der Waals surface area contributed by atoms with Gasteiger partial charge >= 0.3 is 0 Å². The first kappa shape index (κ1) is 16.4. The van der Waals surface area contributed by atoms with Crippen LogP contribution in [0.4, 0.5) is 4.39 Å². The summed E-state index contributed by atoms with van der Waals surface area (Å²) in [6.07, 6.45) is 1.36. The van der Waals surface area contributed by atoms with Crippen molar-refractivity contribution in [1.29, 1.82) is 0 Å². The Morgan fingerprint density at radius 3 is 2.52 bits per heavy atom. The summed E-state index contributed by atoms with van der Waals surface area (Å²) in [6.45, 7) is 5.81. The Labute approximate surface area is 136 Å². The number of carbonyl (C=O) groups is 1. The predicted octanol–water partition coefficient (Wildman–Crippen LogP) is 1.84. The van der Waals surface area contributed by atoms with Crippen molar-refractivity contribution in [2.45, 2.75) is 31.8 Å². The highest BCUT2D eigenvalue weighted by atomic mass is 19.1. The number of piperazine rings is 1. The maximum atomic E-state index is 13.0. The maximum absolute atomic E-state index is 13.0. The Morgan fingerprint density at radius 2 is 1.91 bits per heavy atom. The average molecular weight is 320 g/mol. The molecule has 3 atom stereocenters. The molecule has 0 unspecified atom stereocenters. The van der Waals surface area contributed by atoms with E-state index in [0.717, 1.165) is 44.6 Å². The summed E-state index contributed by atoms with van der Waals surface area (Å²) in [5.74, 6) is 0.314. The van der Waals surface area contributed by atoms with Gasteiger partial charge in [-0.2, -0.15) is 0 Å². The van der Waals surface area contributed by atoms with Crippen molar-refractivity contribution in [3.8, 4) is 0 Å². The zero-order chi connectivity index (χ0) is 16.4. The van der Waals surface area contributed by atoms with Crippen LogP contribution >= 0.6 is 0 Å². The largest absolute Gasteiger partial charge is 0.392 e. The molecular weight excluding hydrogens is 295 g/mol. The van der Waals surface area contributed by atoms with Crippen molar-refractivity contribution in [2.24, 2.45) is 5.92 Å². The van der Waals surface area contributed by atoms with E-state index >= 15 is 0 Å². The van der Waals surface area contributed by atoms with Crippen LogP contribution in [-0.4, -0.2) is 59.6 Å². The molecular formula is C18H25FN2O2. The molecule has 1 aromatic rings. The summed E-state index contributed by atoms with van der Waals surface area (Å²) in [7, 11) is 0. The predicted molar refractivity (Wildman–Crippen MR) is 86.6 cm³/mol. The van der Waals surface area contributed by atoms with Crippen LogP contribution in [0.15, 0.2) is 24.3 Å². The van der Waals surface area contributed by atoms with Gasteiger partial charge in [0.1, 0.15) is 5.82 Å². The van der Waals surface area contributed by atoms with Gasteiger partial charge in [0.2, 0.25) is 5.91 Å². The van der Waals surface area contributed by atoms with E-state index in [9.17, 15) is 14.3 Å². The Kier molecular flexibility index (Phi) is 4.97. The van der Waals surface area contributed by atoms with Crippen LogP contribution in [0.25, 0.3) is 0 Å². The molecule has 1 heterocycles. The van der Waals surface area contributed by atoms with Gasteiger partial charge in [-0.15, -0.1) is 0 Å². The summed E-state index contributed by atoms with van der Waals surface area (Å²) >= 11 is 0. The number of hydrogen-bond donors (Lipinski definition) is 1. The number of β-amino-alcohol motifs (C(OH)–C–C–N with tert-alkyl or cyclic N) is 1. The lowest BCUT2D eigenvalue weighted by Crippen LogP contribution is -2.50. The minimum Gasteiger partial charge on any atom is -0.392 e. The van der Waals surface area contributed by atoms with E-state index in [1.807, 2.05) is 11.8 Å². The molecule has 0 aromatic heterocycles. The van der Waals surface area contributed by atoms with Crippen molar-refractivity contribution >= 4 is 5.91 Å². The molecule has 126 valence electrons. The van der Waals surface area contributed by atoms with E-state index in [2.05, 4.69) is 4.90 Å². The van der Waals surface area contributed by atoms with Gasteiger partial charge in [0, 0.05) is 38.6 Å². The van der Waals surface area contributed by atoms with E-state index < -0.39 is 0 Å². The van der Waals surface area contributed by atoms with E-state index in [0.29, 0.717) is 6.54 Å². The van der Waals surface area contributed by atoms with Crippen molar-refractivity contribution in [3.63, 3.8) is 0 Å². The van der Waals surface area contributed by atoms with Crippen LogP contribution in [0, 0.1) is 11.7 Å². The fourth-order valence-corrected chi connectivity index (χ4v) is 3.36. The number of nitrogens with zero attached hydrogens (tertiary/aromatic N) is 2. The Hall–Kier alpha value is -1.46. The van der Waals surface area contributed by atoms with Gasteiger partial charge in [0.25, 0.3) is 0 Å². The quantitative estimate of drug-likeness (QED) is 0.900. The van der Waals surface area contributed by atoms with Crippen LogP contribution in [0.1, 0.15) is 31.2 Å². The number of rotatable bonds is 5. The zero-order valence-electron chi connectivity index (χ0n) is 13.6. The molecule has 1 aromatic carbocycles. The van der Waals surface area contributed by atoms with E-state index in [-0.39, 0.29) is 29.7 Å². The van der Waals surface area contributed by atoms with Gasteiger partial charge in [-0.1, -0.05) is 19.1 Å². The third-order valence-electron chi connectivity index (χ3n) is 5.03.